The van der Waals surface area contributed by atoms with Crippen LogP contribution in [-0.2, 0) is 20.8 Å². The zero-order valence-corrected chi connectivity index (χ0v) is 30.2. The molecule has 4 aromatic carbocycles. The quantitative estimate of drug-likeness (QED) is 0.167. The summed E-state index contributed by atoms with van der Waals surface area (Å²) >= 11 is 0. The topological polar surface area (TPSA) is 87.3 Å². The Labute approximate surface area is 307 Å². The second kappa shape index (κ2) is 13.1. The van der Waals surface area contributed by atoms with Crippen molar-refractivity contribution in [3.05, 3.63) is 136 Å². The molecule has 0 radical (unpaired) electrons. The van der Waals surface area contributed by atoms with Gasteiger partial charge in [0.1, 0.15) is 6.04 Å². The Hall–Kier alpha value is -4.71. The minimum absolute atomic E-state index is 0.0331. The molecule has 3 N–H and O–H groups in total. The van der Waals surface area contributed by atoms with Gasteiger partial charge in [0.25, 0.3) is 0 Å². The second-order valence-corrected chi connectivity index (χ2v) is 17.0. The zero-order valence-electron chi connectivity index (χ0n) is 30.2. The van der Waals surface area contributed by atoms with Gasteiger partial charge < -0.3 is 16.0 Å². The van der Waals surface area contributed by atoms with E-state index in [4.69, 9.17) is 0 Å². The molecule has 4 saturated carbocycles. The van der Waals surface area contributed by atoms with Crippen LogP contribution in [0.25, 0.3) is 0 Å². The van der Waals surface area contributed by atoms with E-state index in [0.717, 1.165) is 56.7 Å². The summed E-state index contributed by atoms with van der Waals surface area (Å²) in [6.45, 7) is 4.71. The summed E-state index contributed by atoms with van der Waals surface area (Å²) in [5, 5.41) is 9.84. The third-order valence-electron chi connectivity index (χ3n) is 13.3. The molecule has 6 nitrogen and oxygen atoms in total. The fraction of sp³-hybridized carbons (Fsp3) is 0.413. The van der Waals surface area contributed by atoms with Gasteiger partial charge in [0.2, 0.25) is 17.7 Å². The van der Waals surface area contributed by atoms with Gasteiger partial charge in [0, 0.05) is 30.5 Å². The summed E-state index contributed by atoms with van der Waals surface area (Å²) in [6.07, 6.45) is 8.04. The van der Waals surface area contributed by atoms with Crippen LogP contribution >= 0.6 is 0 Å². The third-order valence-corrected chi connectivity index (χ3v) is 13.3. The van der Waals surface area contributed by atoms with Crippen molar-refractivity contribution in [1.29, 1.82) is 0 Å². The number of nitrogens with one attached hydrogen (secondary N) is 3. The molecule has 7 aliphatic carbocycles. The van der Waals surface area contributed by atoms with Crippen LogP contribution in [0.3, 0.4) is 0 Å². The summed E-state index contributed by atoms with van der Waals surface area (Å²) in [5.74, 6) is 0.0230. The molecule has 7 aliphatic rings. The SMILES string of the molecule is Cc1cc(C)cc(NC(=O)[C@H](Cc2ccccc2)NC(=O)[C@H]2C3c4ccccc4C(c4ccccc43)[C@H]2C(=O)NCC23CC4CC(CC(C4)C2)C3)c1. The smallest absolute Gasteiger partial charge is 0.247 e. The summed E-state index contributed by atoms with van der Waals surface area (Å²) in [6, 6.07) is 31.7. The number of hydrogen-bond acceptors (Lipinski definition) is 3. The van der Waals surface area contributed by atoms with Gasteiger partial charge in [-0.1, -0.05) is 84.9 Å². The molecule has 52 heavy (non-hydrogen) atoms. The molecule has 6 bridgehead atoms. The van der Waals surface area contributed by atoms with E-state index in [1.807, 2.05) is 68.4 Å². The maximum atomic E-state index is 15.0. The summed E-state index contributed by atoms with van der Waals surface area (Å²) in [4.78, 5) is 44.0. The number of hydrogen-bond donors (Lipinski definition) is 3. The summed E-state index contributed by atoms with van der Waals surface area (Å²) in [7, 11) is 0. The van der Waals surface area contributed by atoms with Crippen molar-refractivity contribution in [2.24, 2.45) is 35.0 Å². The molecule has 4 fully saturated rings. The Bertz CT molecular complexity index is 1930. The van der Waals surface area contributed by atoms with Crippen molar-refractivity contribution in [3.63, 3.8) is 0 Å². The summed E-state index contributed by atoms with van der Waals surface area (Å²) in [5.41, 5.74) is 8.43. The Kier molecular flexibility index (Phi) is 8.32. The predicted octanol–water partition coefficient (Wildman–Crippen LogP) is 7.83. The lowest BCUT2D eigenvalue weighted by Crippen LogP contribution is -2.57. The minimum atomic E-state index is -0.836. The number of aryl methyl sites for hydroxylation is 2. The van der Waals surface area contributed by atoms with Gasteiger partial charge in [-0.25, -0.2) is 0 Å². The number of fused-ring (bicyclic) bond motifs is 1. The molecule has 3 amide bonds. The van der Waals surface area contributed by atoms with Gasteiger partial charge >= 0.3 is 0 Å². The largest absolute Gasteiger partial charge is 0.355 e. The normalized spacial score (nSPS) is 29.5. The molecule has 0 unspecified atom stereocenters. The fourth-order valence-corrected chi connectivity index (χ4v) is 11.8. The minimum Gasteiger partial charge on any atom is -0.355 e. The number of amides is 3. The van der Waals surface area contributed by atoms with E-state index in [-0.39, 0.29) is 35.0 Å². The van der Waals surface area contributed by atoms with Gasteiger partial charge in [-0.15, -0.1) is 0 Å². The van der Waals surface area contributed by atoms with Crippen LogP contribution in [0, 0.1) is 48.9 Å². The molecule has 0 saturated heterocycles. The average Bonchev–Trinajstić information content (AvgIpc) is 3.12. The van der Waals surface area contributed by atoms with E-state index in [2.05, 4.69) is 58.4 Å². The van der Waals surface area contributed by atoms with Gasteiger partial charge in [0.15, 0.2) is 0 Å². The van der Waals surface area contributed by atoms with Gasteiger partial charge in [0.05, 0.1) is 11.8 Å². The lowest BCUT2D eigenvalue weighted by molar-refractivity contribution is -0.139. The summed E-state index contributed by atoms with van der Waals surface area (Å²) < 4.78 is 0. The molecule has 266 valence electrons. The number of benzene rings is 4. The van der Waals surface area contributed by atoms with Crippen molar-refractivity contribution in [2.75, 3.05) is 11.9 Å². The maximum absolute atomic E-state index is 15.0. The standard InChI is InChI=1S/C46H49N3O3/c1-27-16-28(2)18-33(17-27)48-43(50)38(22-29-10-4-3-5-11-29)49-45(52)42-40-36-14-8-6-12-34(36)39(35-13-7-9-15-37(35)40)41(42)44(51)47-26-46-23-30-19-31(24-46)21-32(20-30)25-46/h3-18,30-32,38-42H,19-26H2,1-2H3,(H,47,51)(H,48,50)(H,49,52)/t30?,31?,32?,38-,39?,40?,41+,42-,46?/m0/s1. The van der Waals surface area contributed by atoms with Gasteiger partial charge in [-0.05, 0) is 127 Å². The Morgan fingerprint density at radius 1 is 0.654 bits per heavy atom. The Balaban J connectivity index is 1.06. The lowest BCUT2D eigenvalue weighted by atomic mass is 9.49. The highest BCUT2D eigenvalue weighted by Crippen LogP contribution is 2.61. The van der Waals surface area contributed by atoms with E-state index in [1.54, 1.807) is 0 Å². The monoisotopic (exact) mass is 691 g/mol. The van der Waals surface area contributed by atoms with Gasteiger partial charge in [-0.2, -0.15) is 0 Å². The first-order valence-electron chi connectivity index (χ1n) is 19.4. The second-order valence-electron chi connectivity index (χ2n) is 17.0. The third kappa shape index (κ3) is 5.94. The Morgan fingerprint density at radius 2 is 1.13 bits per heavy atom. The molecule has 0 spiro atoms. The number of anilines is 1. The van der Waals surface area contributed by atoms with E-state index in [0.29, 0.717) is 18.7 Å². The van der Waals surface area contributed by atoms with E-state index in [1.165, 1.54) is 38.5 Å². The van der Waals surface area contributed by atoms with E-state index >= 15 is 4.79 Å². The van der Waals surface area contributed by atoms with Crippen LogP contribution in [0.1, 0.15) is 89.3 Å². The number of carbonyl (C=O) groups is 3. The first-order valence-corrected chi connectivity index (χ1v) is 19.4. The molecule has 6 heteroatoms. The number of rotatable bonds is 9. The van der Waals surface area contributed by atoms with Crippen molar-refractivity contribution in [1.82, 2.24) is 10.6 Å². The van der Waals surface area contributed by atoms with Crippen molar-refractivity contribution < 1.29 is 14.4 Å². The highest BCUT2D eigenvalue weighted by molar-refractivity contribution is 5.99. The lowest BCUT2D eigenvalue weighted by Gasteiger charge is -2.57. The van der Waals surface area contributed by atoms with Crippen LogP contribution in [-0.4, -0.2) is 30.3 Å². The van der Waals surface area contributed by atoms with Crippen LogP contribution < -0.4 is 16.0 Å². The van der Waals surface area contributed by atoms with Crippen molar-refractivity contribution in [3.8, 4) is 0 Å². The first kappa shape index (κ1) is 33.1. The average molecular weight is 692 g/mol. The highest BCUT2D eigenvalue weighted by atomic mass is 16.2. The Morgan fingerprint density at radius 3 is 1.65 bits per heavy atom. The highest BCUT2D eigenvalue weighted by Gasteiger charge is 2.56. The van der Waals surface area contributed by atoms with Crippen LogP contribution in [0.4, 0.5) is 5.69 Å². The van der Waals surface area contributed by atoms with Crippen LogP contribution in [0.15, 0.2) is 97.1 Å². The molecule has 0 heterocycles. The molecule has 3 atom stereocenters. The zero-order chi connectivity index (χ0) is 35.6. The van der Waals surface area contributed by atoms with E-state index < -0.39 is 17.9 Å². The van der Waals surface area contributed by atoms with Crippen LogP contribution in [0.2, 0.25) is 0 Å². The van der Waals surface area contributed by atoms with E-state index in [9.17, 15) is 9.59 Å². The molecule has 0 aliphatic heterocycles. The van der Waals surface area contributed by atoms with Crippen molar-refractivity contribution >= 4 is 23.4 Å². The van der Waals surface area contributed by atoms with Crippen molar-refractivity contribution in [2.45, 2.75) is 76.7 Å². The van der Waals surface area contributed by atoms with Gasteiger partial charge in [-0.3, -0.25) is 14.4 Å². The molecular weight excluding hydrogens is 643 g/mol. The molecule has 11 rings (SSSR count). The van der Waals surface area contributed by atoms with Crippen LogP contribution in [0.5, 0.6) is 0 Å². The predicted molar refractivity (Wildman–Crippen MR) is 204 cm³/mol. The molecule has 0 aromatic heterocycles. The molecule has 4 aromatic rings. The fourth-order valence-electron chi connectivity index (χ4n) is 11.8. The first-order chi connectivity index (χ1) is 25.2. The molecular formula is C46H49N3O3. The maximum Gasteiger partial charge on any atom is 0.247 e. The number of carbonyl (C=O) groups excluding carboxylic acids is 3.